The van der Waals surface area contributed by atoms with E-state index in [9.17, 15) is 9.59 Å². The molecule has 1 heterocycles. The quantitative estimate of drug-likeness (QED) is 0.804. The lowest BCUT2D eigenvalue weighted by Gasteiger charge is -2.22. The van der Waals surface area contributed by atoms with E-state index in [1.165, 1.54) is 12.8 Å². The van der Waals surface area contributed by atoms with E-state index < -0.39 is 0 Å². The first-order valence-electron chi connectivity index (χ1n) is 7.63. The SMILES string of the molecule is CC(=O)Cc1ccccc1C(=O)N(C)CCN1CCCC1. The largest absolute Gasteiger partial charge is 0.340 e. The van der Waals surface area contributed by atoms with Crippen LogP contribution >= 0.6 is 0 Å². The minimum Gasteiger partial charge on any atom is -0.340 e. The van der Waals surface area contributed by atoms with E-state index in [4.69, 9.17) is 0 Å². The number of amides is 1. The molecule has 1 aromatic carbocycles. The van der Waals surface area contributed by atoms with Crippen molar-refractivity contribution in [3.05, 3.63) is 35.4 Å². The molecule has 1 fully saturated rings. The number of Topliss-reactive ketones (excluding diaryl/α,β-unsaturated/α-hetero) is 1. The summed E-state index contributed by atoms with van der Waals surface area (Å²) in [6, 6.07) is 7.40. The fourth-order valence-electron chi connectivity index (χ4n) is 2.76. The van der Waals surface area contributed by atoms with Gasteiger partial charge in [0.2, 0.25) is 0 Å². The van der Waals surface area contributed by atoms with Gasteiger partial charge in [-0.1, -0.05) is 18.2 Å². The summed E-state index contributed by atoms with van der Waals surface area (Å²) in [4.78, 5) is 28.0. The van der Waals surface area contributed by atoms with Crippen LogP contribution in [0.25, 0.3) is 0 Å². The molecule has 1 aromatic rings. The number of carbonyl (C=O) groups is 2. The van der Waals surface area contributed by atoms with Crippen molar-refractivity contribution in [2.24, 2.45) is 0 Å². The molecule has 2 rings (SSSR count). The molecule has 0 spiro atoms. The summed E-state index contributed by atoms with van der Waals surface area (Å²) < 4.78 is 0. The smallest absolute Gasteiger partial charge is 0.253 e. The van der Waals surface area contributed by atoms with Gasteiger partial charge in [-0.15, -0.1) is 0 Å². The molecule has 1 aliphatic heterocycles. The number of carbonyl (C=O) groups excluding carboxylic acids is 2. The molecule has 0 aliphatic carbocycles. The maximum atomic E-state index is 12.5. The van der Waals surface area contributed by atoms with Crippen LogP contribution in [0.4, 0.5) is 0 Å². The highest BCUT2D eigenvalue weighted by molar-refractivity contribution is 5.96. The number of hydrogen-bond acceptors (Lipinski definition) is 3. The Morgan fingerprint density at radius 1 is 1.19 bits per heavy atom. The zero-order valence-electron chi connectivity index (χ0n) is 13.0. The highest BCUT2D eigenvalue weighted by atomic mass is 16.2. The number of hydrogen-bond donors (Lipinski definition) is 0. The molecule has 21 heavy (non-hydrogen) atoms. The molecular weight excluding hydrogens is 264 g/mol. The van der Waals surface area contributed by atoms with Gasteiger partial charge in [0.1, 0.15) is 5.78 Å². The van der Waals surface area contributed by atoms with E-state index in [0.717, 1.165) is 31.7 Å². The fourth-order valence-corrected chi connectivity index (χ4v) is 2.76. The summed E-state index contributed by atoms with van der Waals surface area (Å²) in [6.45, 7) is 5.49. The van der Waals surface area contributed by atoms with E-state index in [-0.39, 0.29) is 11.7 Å². The number of ketones is 1. The van der Waals surface area contributed by atoms with E-state index in [0.29, 0.717) is 12.0 Å². The first-order valence-corrected chi connectivity index (χ1v) is 7.63. The second-order valence-corrected chi connectivity index (χ2v) is 5.81. The predicted octanol–water partition coefficient (Wildman–Crippen LogP) is 1.99. The normalized spacial score (nSPS) is 15.1. The molecule has 0 N–H and O–H groups in total. The van der Waals surface area contributed by atoms with Crippen molar-refractivity contribution < 1.29 is 9.59 Å². The van der Waals surface area contributed by atoms with Gasteiger partial charge >= 0.3 is 0 Å². The monoisotopic (exact) mass is 288 g/mol. The lowest BCUT2D eigenvalue weighted by atomic mass is 10.0. The Kier molecular flexibility index (Phi) is 5.51. The van der Waals surface area contributed by atoms with Gasteiger partial charge in [-0.3, -0.25) is 9.59 Å². The zero-order valence-corrected chi connectivity index (χ0v) is 13.0. The average Bonchev–Trinajstić information content (AvgIpc) is 2.97. The molecule has 0 unspecified atom stereocenters. The molecule has 4 heteroatoms. The molecule has 0 saturated carbocycles. The summed E-state index contributed by atoms with van der Waals surface area (Å²) in [5, 5.41) is 0. The topological polar surface area (TPSA) is 40.6 Å². The van der Waals surface area contributed by atoms with Gasteiger partial charge in [-0.25, -0.2) is 0 Å². The Bertz CT molecular complexity index is 507. The third kappa shape index (κ3) is 4.39. The minimum atomic E-state index is 0.00560. The average molecular weight is 288 g/mol. The number of nitrogens with zero attached hydrogens (tertiary/aromatic N) is 2. The van der Waals surface area contributed by atoms with Crippen molar-refractivity contribution in [1.82, 2.24) is 9.80 Å². The van der Waals surface area contributed by atoms with Crippen molar-refractivity contribution in [2.45, 2.75) is 26.2 Å². The van der Waals surface area contributed by atoms with Crippen LogP contribution in [-0.4, -0.2) is 54.7 Å². The van der Waals surface area contributed by atoms with E-state index in [1.807, 2.05) is 31.3 Å². The Morgan fingerprint density at radius 2 is 1.86 bits per heavy atom. The first kappa shape index (κ1) is 15.7. The molecule has 114 valence electrons. The van der Waals surface area contributed by atoms with Crippen LogP contribution in [-0.2, 0) is 11.2 Å². The Balaban J connectivity index is 1.99. The van der Waals surface area contributed by atoms with Crippen LogP contribution < -0.4 is 0 Å². The van der Waals surface area contributed by atoms with Gasteiger partial charge in [0, 0.05) is 32.1 Å². The summed E-state index contributed by atoms with van der Waals surface area (Å²) in [7, 11) is 1.84. The molecular formula is C17H24N2O2. The molecule has 0 radical (unpaired) electrons. The molecule has 0 aromatic heterocycles. The molecule has 1 amide bonds. The van der Waals surface area contributed by atoms with Gasteiger partial charge in [0.05, 0.1) is 0 Å². The van der Waals surface area contributed by atoms with Crippen molar-refractivity contribution in [1.29, 1.82) is 0 Å². The number of likely N-dealkylation sites (tertiary alicyclic amines) is 1. The van der Waals surface area contributed by atoms with Crippen LogP contribution in [0.3, 0.4) is 0 Å². The first-order chi connectivity index (χ1) is 10.1. The van der Waals surface area contributed by atoms with E-state index in [1.54, 1.807) is 11.8 Å². The summed E-state index contributed by atoms with van der Waals surface area (Å²) in [5.41, 5.74) is 1.47. The summed E-state index contributed by atoms with van der Waals surface area (Å²) in [5.74, 6) is 0.0843. The number of benzene rings is 1. The van der Waals surface area contributed by atoms with Gasteiger partial charge in [-0.05, 0) is 44.5 Å². The van der Waals surface area contributed by atoms with Crippen molar-refractivity contribution in [3.63, 3.8) is 0 Å². The summed E-state index contributed by atoms with van der Waals surface area (Å²) >= 11 is 0. The van der Waals surface area contributed by atoms with Gasteiger partial charge < -0.3 is 9.80 Å². The Hall–Kier alpha value is -1.68. The van der Waals surface area contributed by atoms with Crippen LogP contribution in [0.2, 0.25) is 0 Å². The third-order valence-corrected chi connectivity index (χ3v) is 3.98. The molecule has 1 saturated heterocycles. The molecule has 1 aliphatic rings. The lowest BCUT2D eigenvalue weighted by Crippen LogP contribution is -2.35. The minimum absolute atomic E-state index is 0.00560. The Morgan fingerprint density at radius 3 is 2.52 bits per heavy atom. The maximum Gasteiger partial charge on any atom is 0.253 e. The van der Waals surface area contributed by atoms with Crippen LogP contribution in [0.5, 0.6) is 0 Å². The van der Waals surface area contributed by atoms with Crippen molar-refractivity contribution in [3.8, 4) is 0 Å². The third-order valence-electron chi connectivity index (χ3n) is 3.98. The Labute approximate surface area is 126 Å². The maximum absolute atomic E-state index is 12.5. The van der Waals surface area contributed by atoms with Crippen LogP contribution in [0.15, 0.2) is 24.3 Å². The zero-order chi connectivity index (χ0) is 15.2. The number of rotatable bonds is 6. The second kappa shape index (κ2) is 7.36. The highest BCUT2D eigenvalue weighted by Gasteiger charge is 2.18. The molecule has 4 nitrogen and oxygen atoms in total. The fraction of sp³-hybridized carbons (Fsp3) is 0.529. The highest BCUT2D eigenvalue weighted by Crippen LogP contribution is 2.13. The van der Waals surface area contributed by atoms with Gasteiger partial charge in [0.25, 0.3) is 5.91 Å². The van der Waals surface area contributed by atoms with Gasteiger partial charge in [0.15, 0.2) is 0 Å². The number of likely N-dealkylation sites (N-methyl/N-ethyl adjacent to an activating group) is 1. The molecule has 0 bridgehead atoms. The van der Waals surface area contributed by atoms with Gasteiger partial charge in [-0.2, -0.15) is 0 Å². The van der Waals surface area contributed by atoms with Crippen LogP contribution in [0, 0.1) is 0 Å². The molecule has 0 atom stereocenters. The van der Waals surface area contributed by atoms with Crippen molar-refractivity contribution >= 4 is 11.7 Å². The standard InChI is InChI=1S/C17H24N2O2/c1-14(20)13-15-7-3-4-8-16(15)17(21)18(2)11-12-19-9-5-6-10-19/h3-4,7-8H,5-6,9-13H2,1-2H3. The summed E-state index contributed by atoms with van der Waals surface area (Å²) in [6.07, 6.45) is 2.85. The lowest BCUT2D eigenvalue weighted by molar-refractivity contribution is -0.116. The van der Waals surface area contributed by atoms with E-state index >= 15 is 0 Å². The van der Waals surface area contributed by atoms with Crippen molar-refractivity contribution in [2.75, 3.05) is 33.2 Å². The predicted molar refractivity (Wildman–Crippen MR) is 83.5 cm³/mol. The second-order valence-electron chi connectivity index (χ2n) is 5.81. The van der Waals surface area contributed by atoms with Crippen LogP contribution in [0.1, 0.15) is 35.7 Å². The van der Waals surface area contributed by atoms with E-state index in [2.05, 4.69) is 4.90 Å².